The molecule has 1 atom stereocenters. The molecule has 24 heavy (non-hydrogen) atoms. The third-order valence-electron chi connectivity index (χ3n) is 3.74. The van der Waals surface area contributed by atoms with Crippen molar-refractivity contribution in [3.8, 4) is 0 Å². The Morgan fingerprint density at radius 2 is 1.54 bits per heavy atom. The molecule has 2 aromatic carbocycles. The summed E-state index contributed by atoms with van der Waals surface area (Å²) in [6, 6.07) is 20.0. The van der Waals surface area contributed by atoms with Crippen LogP contribution in [-0.4, -0.2) is 23.3 Å². The second-order valence-corrected chi connectivity index (χ2v) is 6.91. The highest BCUT2D eigenvalue weighted by molar-refractivity contribution is 8.13. The highest BCUT2D eigenvalue weighted by atomic mass is 32.2. The monoisotopic (exact) mass is 341 g/mol. The first kappa shape index (κ1) is 18.3. The summed E-state index contributed by atoms with van der Waals surface area (Å²) in [6.07, 6.45) is 1.46. The molecule has 0 saturated carbocycles. The minimum absolute atomic E-state index is 0.0172. The fourth-order valence-electron chi connectivity index (χ4n) is 2.46. The third kappa shape index (κ3) is 6.59. The van der Waals surface area contributed by atoms with Crippen LogP contribution in [0.15, 0.2) is 60.7 Å². The highest BCUT2D eigenvalue weighted by Gasteiger charge is 2.19. The van der Waals surface area contributed by atoms with Gasteiger partial charge in [-0.1, -0.05) is 72.4 Å². The smallest absolute Gasteiger partial charge is 0.224 e. The number of rotatable bonds is 8. The van der Waals surface area contributed by atoms with Gasteiger partial charge in [0.1, 0.15) is 0 Å². The second-order valence-electron chi connectivity index (χ2n) is 5.72. The van der Waals surface area contributed by atoms with Gasteiger partial charge in [0.05, 0.1) is 5.92 Å². The van der Waals surface area contributed by atoms with Crippen LogP contribution in [0.4, 0.5) is 0 Å². The van der Waals surface area contributed by atoms with Crippen LogP contribution in [-0.2, 0) is 22.4 Å². The van der Waals surface area contributed by atoms with Crippen molar-refractivity contribution in [2.75, 3.05) is 12.3 Å². The molecule has 1 N–H and O–H groups in total. The van der Waals surface area contributed by atoms with Crippen LogP contribution < -0.4 is 5.32 Å². The summed E-state index contributed by atoms with van der Waals surface area (Å²) in [5, 5.41) is 3.06. The number of carbonyl (C=O) groups is 2. The van der Waals surface area contributed by atoms with E-state index in [0.29, 0.717) is 18.7 Å². The van der Waals surface area contributed by atoms with Crippen molar-refractivity contribution in [1.29, 1.82) is 0 Å². The first-order valence-corrected chi connectivity index (χ1v) is 9.12. The maximum absolute atomic E-state index is 12.5. The summed E-state index contributed by atoms with van der Waals surface area (Å²) in [6.45, 7) is 2.15. The summed E-state index contributed by atoms with van der Waals surface area (Å²) < 4.78 is 0. The molecule has 0 bridgehead atoms. The Balaban J connectivity index is 1.89. The molecule has 2 rings (SSSR count). The van der Waals surface area contributed by atoms with Crippen LogP contribution in [0.25, 0.3) is 0 Å². The van der Waals surface area contributed by atoms with Gasteiger partial charge in [0.25, 0.3) is 0 Å². The van der Waals surface area contributed by atoms with Crippen molar-refractivity contribution in [1.82, 2.24) is 5.32 Å². The fourth-order valence-corrected chi connectivity index (χ4v) is 3.17. The Bertz CT molecular complexity index is 643. The van der Waals surface area contributed by atoms with E-state index in [-0.39, 0.29) is 16.9 Å². The Morgan fingerprint density at radius 3 is 2.12 bits per heavy atom. The standard InChI is InChI=1S/C20H23NO2S/c1-16(22)24-15-19(14-18-10-6-3-7-11-18)20(23)21-13-12-17-8-4-2-5-9-17/h2-11,19H,12-15H2,1H3,(H,21,23). The van der Waals surface area contributed by atoms with Crippen molar-refractivity contribution in [3.63, 3.8) is 0 Å². The average Bonchev–Trinajstić information content (AvgIpc) is 2.60. The summed E-state index contributed by atoms with van der Waals surface area (Å²) in [5.74, 6) is 0.335. The van der Waals surface area contributed by atoms with Crippen LogP contribution in [0.3, 0.4) is 0 Å². The molecule has 1 unspecified atom stereocenters. The first-order chi connectivity index (χ1) is 11.6. The lowest BCUT2D eigenvalue weighted by Crippen LogP contribution is -2.34. The molecule has 0 radical (unpaired) electrons. The SMILES string of the molecule is CC(=O)SCC(Cc1ccccc1)C(=O)NCCc1ccccc1. The third-order valence-corrected chi connectivity index (χ3v) is 4.71. The molecule has 0 aromatic heterocycles. The maximum atomic E-state index is 12.5. The molecule has 0 aliphatic rings. The van der Waals surface area contributed by atoms with Gasteiger partial charge in [0, 0.05) is 19.2 Å². The number of nitrogens with one attached hydrogen (secondary N) is 1. The summed E-state index contributed by atoms with van der Waals surface area (Å²) in [7, 11) is 0. The number of amides is 1. The normalized spacial score (nSPS) is 11.7. The van der Waals surface area contributed by atoms with Crippen molar-refractivity contribution in [2.24, 2.45) is 5.92 Å². The van der Waals surface area contributed by atoms with E-state index >= 15 is 0 Å². The highest BCUT2D eigenvalue weighted by Crippen LogP contribution is 2.16. The Morgan fingerprint density at radius 1 is 0.958 bits per heavy atom. The van der Waals surface area contributed by atoms with Crippen LogP contribution in [0.2, 0.25) is 0 Å². The van der Waals surface area contributed by atoms with Crippen molar-refractivity contribution in [2.45, 2.75) is 19.8 Å². The lowest BCUT2D eigenvalue weighted by Gasteiger charge is -2.16. The topological polar surface area (TPSA) is 46.2 Å². The van der Waals surface area contributed by atoms with Gasteiger partial charge in [0.15, 0.2) is 5.12 Å². The quantitative estimate of drug-likeness (QED) is 0.799. The molecule has 4 heteroatoms. The molecule has 0 aliphatic carbocycles. The molecule has 3 nitrogen and oxygen atoms in total. The van der Waals surface area contributed by atoms with Gasteiger partial charge in [-0.15, -0.1) is 0 Å². The van der Waals surface area contributed by atoms with Gasteiger partial charge >= 0.3 is 0 Å². The predicted octanol–water partition coefficient (Wildman–Crippen LogP) is 3.48. The van der Waals surface area contributed by atoms with E-state index in [4.69, 9.17) is 0 Å². The first-order valence-electron chi connectivity index (χ1n) is 8.14. The minimum Gasteiger partial charge on any atom is -0.355 e. The molecule has 0 spiro atoms. The van der Waals surface area contributed by atoms with Crippen LogP contribution in [0.1, 0.15) is 18.1 Å². The number of benzene rings is 2. The Hall–Kier alpha value is -2.07. The molecular weight excluding hydrogens is 318 g/mol. The van der Waals surface area contributed by atoms with Gasteiger partial charge < -0.3 is 5.32 Å². The number of hydrogen-bond acceptors (Lipinski definition) is 3. The summed E-state index contributed by atoms with van der Waals surface area (Å²) >= 11 is 1.22. The van der Waals surface area contributed by atoms with E-state index in [9.17, 15) is 9.59 Å². The molecule has 0 heterocycles. The van der Waals surface area contributed by atoms with Gasteiger partial charge in [-0.05, 0) is 24.0 Å². The van der Waals surface area contributed by atoms with Gasteiger partial charge in [-0.2, -0.15) is 0 Å². The average molecular weight is 341 g/mol. The molecule has 0 aliphatic heterocycles. The minimum atomic E-state index is -0.197. The second kappa shape index (κ2) is 9.93. The molecule has 0 fully saturated rings. The molecule has 126 valence electrons. The van der Waals surface area contributed by atoms with Crippen molar-refractivity contribution in [3.05, 3.63) is 71.8 Å². The van der Waals surface area contributed by atoms with Crippen LogP contribution >= 0.6 is 11.8 Å². The largest absolute Gasteiger partial charge is 0.355 e. The molecule has 1 amide bonds. The number of hydrogen-bond donors (Lipinski definition) is 1. The zero-order chi connectivity index (χ0) is 17.2. The molecule has 0 saturated heterocycles. The van der Waals surface area contributed by atoms with E-state index in [2.05, 4.69) is 17.4 Å². The number of thioether (sulfide) groups is 1. The lowest BCUT2D eigenvalue weighted by molar-refractivity contribution is -0.124. The zero-order valence-corrected chi connectivity index (χ0v) is 14.7. The van der Waals surface area contributed by atoms with Crippen LogP contribution in [0, 0.1) is 5.92 Å². The Labute approximate surface area is 147 Å². The lowest BCUT2D eigenvalue weighted by atomic mass is 10.00. The van der Waals surface area contributed by atoms with Gasteiger partial charge in [-0.25, -0.2) is 0 Å². The summed E-state index contributed by atoms with van der Waals surface area (Å²) in [4.78, 5) is 23.8. The molecular formula is C20H23NO2S. The number of carbonyl (C=O) groups excluding carboxylic acids is 2. The van der Waals surface area contributed by atoms with E-state index in [1.54, 1.807) is 0 Å². The predicted molar refractivity (Wildman–Crippen MR) is 99.9 cm³/mol. The van der Waals surface area contributed by atoms with E-state index < -0.39 is 0 Å². The fraction of sp³-hybridized carbons (Fsp3) is 0.300. The van der Waals surface area contributed by atoms with Gasteiger partial charge in [0.2, 0.25) is 5.91 Å². The van der Waals surface area contributed by atoms with E-state index in [1.165, 1.54) is 24.2 Å². The van der Waals surface area contributed by atoms with Crippen LogP contribution in [0.5, 0.6) is 0 Å². The molecule has 2 aromatic rings. The zero-order valence-electron chi connectivity index (χ0n) is 13.9. The van der Waals surface area contributed by atoms with E-state index in [0.717, 1.165) is 12.0 Å². The Kier molecular flexibility index (Phi) is 7.56. The van der Waals surface area contributed by atoms with E-state index in [1.807, 2.05) is 48.5 Å². The van der Waals surface area contributed by atoms with Gasteiger partial charge in [-0.3, -0.25) is 9.59 Å². The summed E-state index contributed by atoms with van der Waals surface area (Å²) in [5.41, 5.74) is 2.32. The maximum Gasteiger partial charge on any atom is 0.224 e. The van der Waals surface area contributed by atoms with Crippen molar-refractivity contribution >= 4 is 22.8 Å². The van der Waals surface area contributed by atoms with Crippen molar-refractivity contribution < 1.29 is 9.59 Å².